The molecule has 0 fully saturated rings. The molecule has 98 valence electrons. The van der Waals surface area contributed by atoms with Crippen molar-refractivity contribution in [2.75, 3.05) is 10.6 Å². The molecular weight excluding hydrogens is 274 g/mol. The predicted molar refractivity (Wildman–Crippen MR) is 78.0 cm³/mol. The molecule has 1 aromatic heterocycles. The van der Waals surface area contributed by atoms with E-state index in [0.717, 1.165) is 11.4 Å². The number of nitriles is 1. The summed E-state index contributed by atoms with van der Waals surface area (Å²) in [4.78, 5) is 8.11. The van der Waals surface area contributed by atoms with Crippen LogP contribution in [0.25, 0.3) is 5.57 Å². The molecule has 0 saturated heterocycles. The van der Waals surface area contributed by atoms with Gasteiger partial charge in [-0.05, 0) is 36.7 Å². The molecule has 3 rings (SSSR count). The Morgan fingerprint density at radius 1 is 1.20 bits per heavy atom. The van der Waals surface area contributed by atoms with Gasteiger partial charge in [-0.3, -0.25) is 0 Å². The Labute approximate surface area is 120 Å². The van der Waals surface area contributed by atoms with Crippen molar-refractivity contribution in [1.29, 1.82) is 5.26 Å². The molecule has 6 heteroatoms. The molecule has 1 aromatic carbocycles. The minimum absolute atomic E-state index is 0.129. The van der Waals surface area contributed by atoms with Gasteiger partial charge in [-0.15, -0.1) is 0 Å². The summed E-state index contributed by atoms with van der Waals surface area (Å²) < 4.78 is 0. The van der Waals surface area contributed by atoms with Crippen molar-refractivity contribution in [3.63, 3.8) is 0 Å². The van der Waals surface area contributed by atoms with Crippen LogP contribution in [-0.2, 0) is 0 Å². The summed E-state index contributed by atoms with van der Waals surface area (Å²) in [6.45, 7) is 1.81. The van der Waals surface area contributed by atoms with Crippen molar-refractivity contribution < 1.29 is 0 Å². The summed E-state index contributed by atoms with van der Waals surface area (Å²) in [5, 5.41) is 15.9. The van der Waals surface area contributed by atoms with Gasteiger partial charge >= 0.3 is 0 Å². The third-order valence-electron chi connectivity index (χ3n) is 2.89. The topological polar surface area (TPSA) is 73.6 Å². The van der Waals surface area contributed by atoms with Crippen LogP contribution in [0, 0.1) is 18.3 Å². The Balaban J connectivity index is 2.08. The van der Waals surface area contributed by atoms with Gasteiger partial charge in [0.2, 0.25) is 5.28 Å². The maximum Gasteiger partial charge on any atom is 0.223 e. The Hall–Kier alpha value is -2.58. The normalized spacial score (nSPS) is 12.2. The maximum atomic E-state index is 9.41. The first-order valence-corrected chi connectivity index (χ1v) is 6.34. The fraction of sp³-hybridized carbons (Fsp3) is 0.0714. The first-order chi connectivity index (χ1) is 9.67. The summed E-state index contributed by atoms with van der Waals surface area (Å²) in [5.74, 6) is 0.600. The third kappa shape index (κ3) is 2.17. The zero-order valence-electron chi connectivity index (χ0n) is 10.6. The zero-order chi connectivity index (χ0) is 14.1. The first-order valence-electron chi connectivity index (χ1n) is 5.96. The molecular formula is C14H10ClN5. The van der Waals surface area contributed by atoms with E-state index >= 15 is 0 Å². The van der Waals surface area contributed by atoms with Crippen LogP contribution in [0.2, 0.25) is 5.28 Å². The standard InChI is InChI=1S/C14H10ClN5/c1-8-6-12(20-14(15)17-8)9(7-16)13-18-10-4-2-3-5-11(10)19-13/h2-6,18-19H,1H3. The molecule has 0 bridgehead atoms. The Morgan fingerprint density at radius 3 is 2.40 bits per heavy atom. The van der Waals surface area contributed by atoms with Crippen molar-refractivity contribution in [2.45, 2.75) is 6.92 Å². The summed E-state index contributed by atoms with van der Waals surface area (Å²) in [6.07, 6.45) is 0. The van der Waals surface area contributed by atoms with Gasteiger partial charge in [-0.1, -0.05) is 12.1 Å². The van der Waals surface area contributed by atoms with Crippen LogP contribution in [0.15, 0.2) is 36.2 Å². The van der Waals surface area contributed by atoms with Crippen molar-refractivity contribution >= 4 is 28.5 Å². The van der Waals surface area contributed by atoms with E-state index in [4.69, 9.17) is 11.6 Å². The number of halogens is 1. The van der Waals surface area contributed by atoms with Crippen LogP contribution in [0.5, 0.6) is 0 Å². The van der Waals surface area contributed by atoms with Gasteiger partial charge < -0.3 is 10.6 Å². The van der Waals surface area contributed by atoms with E-state index in [1.165, 1.54) is 0 Å². The average molecular weight is 284 g/mol. The summed E-state index contributed by atoms with van der Waals surface area (Å²) in [6, 6.07) is 11.6. The van der Waals surface area contributed by atoms with Crippen LogP contribution in [0.1, 0.15) is 11.4 Å². The highest BCUT2D eigenvalue weighted by atomic mass is 35.5. The van der Waals surface area contributed by atoms with Gasteiger partial charge in [0.25, 0.3) is 0 Å². The van der Waals surface area contributed by atoms with Crippen molar-refractivity contribution in [2.24, 2.45) is 0 Å². The molecule has 0 unspecified atom stereocenters. The number of hydrogen-bond acceptors (Lipinski definition) is 5. The lowest BCUT2D eigenvalue weighted by molar-refractivity contribution is 1.08. The van der Waals surface area contributed by atoms with Gasteiger partial charge in [0, 0.05) is 5.69 Å². The fourth-order valence-electron chi connectivity index (χ4n) is 2.03. The van der Waals surface area contributed by atoms with Crippen LogP contribution in [0.3, 0.4) is 0 Å². The molecule has 0 atom stereocenters. The molecule has 0 radical (unpaired) electrons. The summed E-state index contributed by atoms with van der Waals surface area (Å²) in [7, 11) is 0. The lowest BCUT2D eigenvalue weighted by Gasteiger charge is -2.05. The molecule has 0 aliphatic carbocycles. The minimum atomic E-state index is 0.129. The average Bonchev–Trinajstić information content (AvgIpc) is 2.81. The monoisotopic (exact) mass is 283 g/mol. The van der Waals surface area contributed by atoms with Crippen molar-refractivity contribution in [3.8, 4) is 6.07 Å². The van der Waals surface area contributed by atoms with E-state index in [9.17, 15) is 5.26 Å². The van der Waals surface area contributed by atoms with E-state index < -0.39 is 0 Å². The number of aromatic nitrogens is 2. The van der Waals surface area contributed by atoms with Gasteiger partial charge in [0.05, 0.1) is 17.1 Å². The van der Waals surface area contributed by atoms with Gasteiger partial charge in [0.15, 0.2) is 0 Å². The second-order valence-corrected chi connectivity index (χ2v) is 4.66. The van der Waals surface area contributed by atoms with Gasteiger partial charge in [-0.2, -0.15) is 5.26 Å². The van der Waals surface area contributed by atoms with E-state index in [-0.39, 0.29) is 5.28 Å². The zero-order valence-corrected chi connectivity index (χ0v) is 11.4. The second kappa shape index (κ2) is 4.83. The number of fused-ring (bicyclic) bond motifs is 1. The molecule has 2 aromatic rings. The van der Waals surface area contributed by atoms with E-state index in [2.05, 4.69) is 26.7 Å². The van der Waals surface area contributed by atoms with E-state index in [1.54, 1.807) is 13.0 Å². The highest BCUT2D eigenvalue weighted by Crippen LogP contribution is 2.32. The highest BCUT2D eigenvalue weighted by Gasteiger charge is 2.19. The number of nitrogens with one attached hydrogen (secondary N) is 2. The van der Waals surface area contributed by atoms with Crippen LogP contribution >= 0.6 is 11.6 Å². The molecule has 1 aliphatic rings. The summed E-state index contributed by atoms with van der Waals surface area (Å²) >= 11 is 5.85. The molecule has 2 heterocycles. The van der Waals surface area contributed by atoms with Gasteiger partial charge in [0.1, 0.15) is 17.5 Å². The molecule has 5 nitrogen and oxygen atoms in total. The lowest BCUT2D eigenvalue weighted by atomic mass is 10.2. The third-order valence-corrected chi connectivity index (χ3v) is 3.06. The second-order valence-electron chi connectivity index (χ2n) is 4.32. The molecule has 1 aliphatic heterocycles. The van der Waals surface area contributed by atoms with Crippen LogP contribution < -0.4 is 10.6 Å². The summed E-state index contributed by atoms with van der Waals surface area (Å²) in [5.41, 5.74) is 3.45. The molecule has 0 amide bonds. The number of para-hydroxylation sites is 2. The maximum absolute atomic E-state index is 9.41. The quantitative estimate of drug-likeness (QED) is 0.621. The molecule has 0 spiro atoms. The smallest absolute Gasteiger partial charge is 0.223 e. The number of anilines is 2. The van der Waals surface area contributed by atoms with Crippen molar-refractivity contribution in [3.05, 3.63) is 52.8 Å². The van der Waals surface area contributed by atoms with Crippen LogP contribution in [0.4, 0.5) is 11.4 Å². The molecule has 20 heavy (non-hydrogen) atoms. The highest BCUT2D eigenvalue weighted by molar-refractivity contribution is 6.28. The predicted octanol–water partition coefficient (Wildman–Crippen LogP) is 3.17. The number of benzene rings is 1. The van der Waals surface area contributed by atoms with E-state index in [1.807, 2.05) is 24.3 Å². The van der Waals surface area contributed by atoms with Gasteiger partial charge in [-0.25, -0.2) is 9.97 Å². The van der Waals surface area contributed by atoms with Crippen molar-refractivity contribution in [1.82, 2.24) is 9.97 Å². The number of nitrogens with zero attached hydrogens (tertiary/aromatic N) is 3. The number of hydrogen-bond donors (Lipinski definition) is 2. The Kier molecular flexibility index (Phi) is 3.01. The largest absolute Gasteiger partial charge is 0.339 e. The molecule has 0 saturated carbocycles. The Bertz CT molecular complexity index is 713. The molecule has 2 N–H and O–H groups in total. The fourth-order valence-corrected chi connectivity index (χ4v) is 2.25. The number of allylic oxidation sites excluding steroid dienone is 1. The minimum Gasteiger partial charge on any atom is -0.339 e. The lowest BCUT2D eigenvalue weighted by Crippen LogP contribution is -2.05. The first kappa shape index (κ1) is 12.5. The Morgan fingerprint density at radius 2 is 1.85 bits per heavy atom. The van der Waals surface area contributed by atoms with Crippen LogP contribution in [-0.4, -0.2) is 9.97 Å². The van der Waals surface area contributed by atoms with E-state index in [0.29, 0.717) is 22.8 Å². The number of aryl methyl sites for hydroxylation is 1. The SMILES string of the molecule is Cc1cc(C(C#N)=C2Nc3ccccc3N2)nc(Cl)n1. The number of rotatable bonds is 1.